The number of thioether (sulfide) groups is 1. The van der Waals surface area contributed by atoms with Crippen LogP contribution in [0.25, 0.3) is 0 Å². The van der Waals surface area contributed by atoms with Crippen LogP contribution in [0.4, 0.5) is 0 Å². The third-order valence-electron chi connectivity index (χ3n) is 5.70. The van der Waals surface area contributed by atoms with Crippen LogP contribution < -0.4 is 5.32 Å². The lowest BCUT2D eigenvalue weighted by Gasteiger charge is -2.32. The van der Waals surface area contributed by atoms with Gasteiger partial charge < -0.3 is 10.2 Å². The Morgan fingerprint density at radius 3 is 2.38 bits per heavy atom. The van der Waals surface area contributed by atoms with Gasteiger partial charge in [0.15, 0.2) is 0 Å². The van der Waals surface area contributed by atoms with Crippen molar-refractivity contribution in [3.8, 4) is 0 Å². The van der Waals surface area contributed by atoms with E-state index >= 15 is 0 Å². The molecule has 1 N–H and O–H groups in total. The van der Waals surface area contributed by atoms with E-state index in [2.05, 4.69) is 35.1 Å². The number of benzene rings is 3. The van der Waals surface area contributed by atoms with Gasteiger partial charge in [0.05, 0.1) is 5.75 Å². The minimum Gasteiger partial charge on any atom is -0.354 e. The summed E-state index contributed by atoms with van der Waals surface area (Å²) in [6.45, 7) is 4.98. The number of carbonyl (C=O) groups is 2. The highest BCUT2D eigenvalue weighted by atomic mass is 79.9. The fraction of sp³-hybridized carbons (Fsp3) is 0.310. The number of amides is 2. The molecule has 0 radical (unpaired) electrons. The van der Waals surface area contributed by atoms with Crippen LogP contribution in [-0.2, 0) is 28.3 Å². The van der Waals surface area contributed by atoms with Gasteiger partial charge in [-0.1, -0.05) is 102 Å². The number of hydrogen-bond donors (Lipinski definition) is 1. The van der Waals surface area contributed by atoms with Gasteiger partial charge >= 0.3 is 0 Å². The molecule has 0 aliphatic rings. The summed E-state index contributed by atoms with van der Waals surface area (Å²) in [5.41, 5.74) is 2.86. The predicted octanol–water partition coefficient (Wildman–Crippen LogP) is 7.40. The Bertz CT molecular complexity index is 1190. The Morgan fingerprint density at radius 2 is 1.70 bits per heavy atom. The van der Waals surface area contributed by atoms with Crippen LogP contribution in [0.5, 0.6) is 0 Å². The maximum absolute atomic E-state index is 13.7. The molecular formula is C29H31BrCl2N2O2S. The van der Waals surface area contributed by atoms with E-state index in [-0.39, 0.29) is 17.6 Å². The lowest BCUT2D eigenvalue weighted by molar-refractivity contribution is -0.139. The van der Waals surface area contributed by atoms with Crippen molar-refractivity contribution in [3.63, 3.8) is 0 Å². The molecule has 1 atom stereocenters. The van der Waals surface area contributed by atoms with Gasteiger partial charge in [-0.3, -0.25) is 9.59 Å². The summed E-state index contributed by atoms with van der Waals surface area (Å²) in [5.74, 6) is 0.836. The lowest BCUT2D eigenvalue weighted by Crippen LogP contribution is -2.51. The molecule has 3 aromatic carbocycles. The van der Waals surface area contributed by atoms with E-state index < -0.39 is 6.04 Å². The molecule has 3 aromatic rings. The van der Waals surface area contributed by atoms with Gasteiger partial charge in [0.2, 0.25) is 11.8 Å². The van der Waals surface area contributed by atoms with Crippen LogP contribution in [0, 0.1) is 5.92 Å². The molecule has 8 heteroatoms. The maximum Gasteiger partial charge on any atom is 0.243 e. The molecule has 3 rings (SSSR count). The Balaban J connectivity index is 1.85. The second-order valence-corrected chi connectivity index (χ2v) is 12.0. The van der Waals surface area contributed by atoms with Crippen molar-refractivity contribution >= 4 is 62.7 Å². The van der Waals surface area contributed by atoms with E-state index in [4.69, 9.17) is 23.2 Å². The van der Waals surface area contributed by atoms with Crippen LogP contribution in [-0.4, -0.2) is 35.1 Å². The number of nitrogens with one attached hydrogen (secondary N) is 1. The van der Waals surface area contributed by atoms with Gasteiger partial charge in [0.1, 0.15) is 6.04 Å². The first kappa shape index (κ1) is 29.6. The summed E-state index contributed by atoms with van der Waals surface area (Å²) in [5, 5.41) is 4.20. The Morgan fingerprint density at radius 1 is 0.973 bits per heavy atom. The smallest absolute Gasteiger partial charge is 0.243 e. The van der Waals surface area contributed by atoms with E-state index in [1.54, 1.807) is 17.0 Å². The zero-order chi connectivity index (χ0) is 26.8. The summed E-state index contributed by atoms with van der Waals surface area (Å²) in [6.07, 6.45) is 0.429. The fourth-order valence-electron chi connectivity index (χ4n) is 3.78. The van der Waals surface area contributed by atoms with Crippen molar-refractivity contribution in [2.45, 2.75) is 38.6 Å². The summed E-state index contributed by atoms with van der Waals surface area (Å²) < 4.78 is 0.924. The first-order valence-corrected chi connectivity index (χ1v) is 14.8. The van der Waals surface area contributed by atoms with Gasteiger partial charge in [-0.15, -0.1) is 11.8 Å². The fourth-order valence-corrected chi connectivity index (χ4v) is 5.69. The van der Waals surface area contributed by atoms with Gasteiger partial charge in [-0.2, -0.15) is 0 Å². The Labute approximate surface area is 242 Å². The number of halogens is 3. The van der Waals surface area contributed by atoms with E-state index in [0.29, 0.717) is 41.2 Å². The highest BCUT2D eigenvalue weighted by molar-refractivity contribution is 9.10. The quantitative estimate of drug-likeness (QED) is 0.229. The monoisotopic (exact) mass is 620 g/mol. The summed E-state index contributed by atoms with van der Waals surface area (Å²) >= 11 is 17.3. The number of nitrogens with zero attached hydrogens (tertiary/aromatic N) is 1. The normalized spacial score (nSPS) is 11.8. The van der Waals surface area contributed by atoms with E-state index in [1.807, 2.05) is 60.7 Å². The van der Waals surface area contributed by atoms with Crippen LogP contribution >= 0.6 is 50.9 Å². The van der Waals surface area contributed by atoms with E-state index in [0.717, 1.165) is 21.2 Å². The van der Waals surface area contributed by atoms with Crippen LogP contribution in [0.2, 0.25) is 10.0 Å². The van der Waals surface area contributed by atoms with Crippen molar-refractivity contribution in [3.05, 3.63) is 104 Å². The molecule has 0 aromatic heterocycles. The molecule has 37 heavy (non-hydrogen) atoms. The molecule has 0 saturated carbocycles. The second-order valence-electron chi connectivity index (χ2n) is 9.22. The Hall–Kier alpha value is -1.99. The predicted molar refractivity (Wildman–Crippen MR) is 159 cm³/mol. The minimum absolute atomic E-state index is 0.101. The number of carbonyl (C=O) groups excluding carboxylic acids is 2. The van der Waals surface area contributed by atoms with Gasteiger partial charge in [-0.05, 0) is 46.9 Å². The van der Waals surface area contributed by atoms with E-state index in [1.165, 1.54) is 11.8 Å². The number of hydrogen-bond acceptors (Lipinski definition) is 3. The van der Waals surface area contributed by atoms with Gasteiger partial charge in [0, 0.05) is 39.8 Å². The summed E-state index contributed by atoms with van der Waals surface area (Å²) in [6, 6.07) is 22.4. The molecule has 196 valence electrons. The molecule has 4 nitrogen and oxygen atoms in total. The third kappa shape index (κ3) is 9.68. The topological polar surface area (TPSA) is 49.4 Å². The van der Waals surface area contributed by atoms with Crippen LogP contribution in [0.3, 0.4) is 0 Å². The van der Waals surface area contributed by atoms with Crippen molar-refractivity contribution < 1.29 is 9.59 Å². The average molecular weight is 622 g/mol. The van der Waals surface area contributed by atoms with Crippen molar-refractivity contribution in [2.24, 2.45) is 5.92 Å². The zero-order valence-corrected chi connectivity index (χ0v) is 24.8. The molecule has 0 bridgehead atoms. The number of rotatable bonds is 12. The molecular weight excluding hydrogens is 591 g/mol. The van der Waals surface area contributed by atoms with Crippen LogP contribution in [0.15, 0.2) is 77.3 Å². The summed E-state index contributed by atoms with van der Waals surface area (Å²) in [7, 11) is 0. The second kappa shape index (κ2) is 14.8. The highest BCUT2D eigenvalue weighted by Crippen LogP contribution is 2.25. The maximum atomic E-state index is 13.7. The summed E-state index contributed by atoms with van der Waals surface area (Å²) in [4.78, 5) is 28.9. The molecule has 2 amide bonds. The largest absolute Gasteiger partial charge is 0.354 e. The van der Waals surface area contributed by atoms with Crippen molar-refractivity contribution in [1.82, 2.24) is 10.2 Å². The lowest BCUT2D eigenvalue weighted by atomic mass is 10.0. The molecule has 0 fully saturated rings. The first-order valence-electron chi connectivity index (χ1n) is 12.1. The van der Waals surface area contributed by atoms with Crippen molar-refractivity contribution in [1.29, 1.82) is 0 Å². The average Bonchev–Trinajstić information content (AvgIpc) is 2.86. The molecule has 0 aliphatic heterocycles. The Kier molecular flexibility index (Phi) is 11.8. The van der Waals surface area contributed by atoms with E-state index in [9.17, 15) is 9.59 Å². The van der Waals surface area contributed by atoms with Gasteiger partial charge in [0.25, 0.3) is 0 Å². The molecule has 1 unspecified atom stereocenters. The SMILES string of the molecule is CC(C)CNC(=O)C(Cc1ccccc1)N(Cc1cccc(Br)c1)C(=O)CSCc1ccc(Cl)cc1Cl. The standard InChI is InChI=1S/C29H31BrCl2N2O2S/c1-20(2)16-33-29(36)27(14-21-7-4-3-5-8-21)34(17-22-9-6-10-24(30)13-22)28(35)19-37-18-23-11-12-25(31)15-26(23)32/h3-13,15,20,27H,14,16-19H2,1-2H3,(H,33,36). The van der Waals surface area contributed by atoms with Crippen LogP contribution in [0.1, 0.15) is 30.5 Å². The first-order chi connectivity index (χ1) is 17.7. The molecule has 0 saturated heterocycles. The highest BCUT2D eigenvalue weighted by Gasteiger charge is 2.30. The minimum atomic E-state index is -0.646. The van der Waals surface area contributed by atoms with Crippen molar-refractivity contribution in [2.75, 3.05) is 12.3 Å². The third-order valence-corrected chi connectivity index (χ3v) is 7.74. The van der Waals surface area contributed by atoms with Gasteiger partial charge in [-0.25, -0.2) is 0 Å². The zero-order valence-electron chi connectivity index (χ0n) is 20.9. The molecule has 0 heterocycles. The molecule has 0 spiro atoms. The molecule has 0 aliphatic carbocycles.